The highest BCUT2D eigenvalue weighted by molar-refractivity contribution is 6.01. The molecule has 1 N–H and O–H groups in total. The van der Waals surface area contributed by atoms with Crippen LogP contribution in [0, 0.1) is 5.92 Å². The second-order valence-corrected chi connectivity index (χ2v) is 5.46. The van der Waals surface area contributed by atoms with E-state index in [1.807, 2.05) is 38.1 Å². The normalized spacial score (nSPS) is 24.1. The van der Waals surface area contributed by atoms with Crippen molar-refractivity contribution < 1.29 is 19.1 Å². The van der Waals surface area contributed by atoms with Crippen molar-refractivity contribution in [2.45, 2.75) is 25.3 Å². The molecule has 0 radical (unpaired) electrons. The Hall–Kier alpha value is -2.04. The molecule has 1 fully saturated rings. The van der Waals surface area contributed by atoms with Crippen LogP contribution in [0.3, 0.4) is 0 Å². The predicted octanol–water partition coefficient (Wildman–Crippen LogP) is 1.48. The van der Waals surface area contributed by atoms with Gasteiger partial charge >= 0.3 is 5.97 Å². The number of ether oxygens (including phenoxy) is 2. The lowest BCUT2D eigenvalue weighted by molar-refractivity contribution is -0.149. The van der Waals surface area contributed by atoms with Crippen molar-refractivity contribution in [2.24, 2.45) is 5.92 Å². The Morgan fingerprint density at radius 1 is 1.20 bits per heavy atom. The number of methoxy groups -OCH3 is 2. The molecule has 0 aliphatic carbocycles. The number of hydrogen-bond acceptors (Lipinski definition) is 4. The quantitative estimate of drug-likeness (QED) is 0.671. The first-order chi connectivity index (χ1) is 9.40. The molecule has 1 aromatic carbocycles. The van der Waals surface area contributed by atoms with Crippen LogP contribution in [0.4, 0.5) is 0 Å². The van der Waals surface area contributed by atoms with Gasteiger partial charge in [-0.15, -0.1) is 0 Å². The maximum atomic E-state index is 12.1. The number of carbonyl (C=O) groups is 2. The Kier molecular flexibility index (Phi) is 3.70. The first-order valence-corrected chi connectivity index (χ1v) is 6.44. The molecule has 2 rings (SSSR count). The molecule has 0 saturated carbocycles. The number of carbonyl (C=O) groups excluding carboxylic acids is 2. The van der Waals surface area contributed by atoms with Gasteiger partial charge in [0.1, 0.15) is 11.7 Å². The zero-order valence-corrected chi connectivity index (χ0v) is 12.1. The lowest BCUT2D eigenvalue weighted by Crippen LogP contribution is -2.38. The summed E-state index contributed by atoms with van der Waals surface area (Å²) in [5, 5.41) is 2.86. The van der Waals surface area contributed by atoms with Crippen LogP contribution < -0.4 is 10.1 Å². The summed E-state index contributed by atoms with van der Waals surface area (Å²) in [6, 6.07) is 7.40. The fourth-order valence-corrected chi connectivity index (χ4v) is 2.83. The Balaban J connectivity index is 2.42. The SMILES string of the molecule is COC(=O)[C@H]1C(=O)NC(C)(C)[C@@H]1c1ccc(OC)cc1. The van der Waals surface area contributed by atoms with E-state index >= 15 is 0 Å². The average molecular weight is 277 g/mol. The summed E-state index contributed by atoms with van der Waals surface area (Å²) in [6.45, 7) is 3.81. The van der Waals surface area contributed by atoms with Crippen LogP contribution in [0.5, 0.6) is 5.75 Å². The van der Waals surface area contributed by atoms with Gasteiger partial charge in [0.15, 0.2) is 0 Å². The fourth-order valence-electron chi connectivity index (χ4n) is 2.83. The molecule has 2 atom stereocenters. The standard InChI is InChI=1S/C15H19NO4/c1-15(2)12(9-5-7-10(19-3)8-6-9)11(13(17)16-15)14(18)20-4/h5-8,11-12H,1-4H3,(H,16,17)/t11-,12-/m1/s1. The summed E-state index contributed by atoms with van der Waals surface area (Å²) in [5.74, 6) is -1.15. The molecule has 0 spiro atoms. The van der Waals surface area contributed by atoms with Crippen molar-refractivity contribution in [3.05, 3.63) is 29.8 Å². The van der Waals surface area contributed by atoms with Gasteiger partial charge in [-0.3, -0.25) is 9.59 Å². The minimum Gasteiger partial charge on any atom is -0.497 e. The third-order valence-electron chi connectivity index (χ3n) is 3.77. The topological polar surface area (TPSA) is 64.6 Å². The van der Waals surface area contributed by atoms with Crippen LogP contribution in [0.15, 0.2) is 24.3 Å². The van der Waals surface area contributed by atoms with Crippen LogP contribution in [0.1, 0.15) is 25.3 Å². The first kappa shape index (κ1) is 14.4. The molecule has 1 aromatic rings. The van der Waals surface area contributed by atoms with E-state index < -0.39 is 17.4 Å². The largest absolute Gasteiger partial charge is 0.497 e. The Morgan fingerprint density at radius 2 is 1.80 bits per heavy atom. The number of nitrogens with one attached hydrogen (secondary N) is 1. The molecule has 5 heteroatoms. The number of amides is 1. The number of esters is 1. The van der Waals surface area contributed by atoms with E-state index in [0.29, 0.717) is 0 Å². The maximum absolute atomic E-state index is 12.1. The number of rotatable bonds is 3. The van der Waals surface area contributed by atoms with Crippen molar-refractivity contribution >= 4 is 11.9 Å². The second kappa shape index (κ2) is 5.15. The van der Waals surface area contributed by atoms with Gasteiger partial charge < -0.3 is 14.8 Å². The zero-order valence-electron chi connectivity index (χ0n) is 12.1. The van der Waals surface area contributed by atoms with Crippen molar-refractivity contribution in [3.8, 4) is 5.75 Å². The third kappa shape index (κ3) is 2.35. The summed E-state index contributed by atoms with van der Waals surface area (Å²) >= 11 is 0. The van der Waals surface area contributed by atoms with E-state index in [1.165, 1.54) is 7.11 Å². The highest BCUT2D eigenvalue weighted by Crippen LogP contribution is 2.41. The molecule has 0 aromatic heterocycles. The van der Waals surface area contributed by atoms with Gasteiger partial charge in [-0.1, -0.05) is 12.1 Å². The molecular weight excluding hydrogens is 258 g/mol. The minimum atomic E-state index is -0.816. The Morgan fingerprint density at radius 3 is 2.30 bits per heavy atom. The van der Waals surface area contributed by atoms with Gasteiger partial charge in [-0.2, -0.15) is 0 Å². The van der Waals surface area contributed by atoms with Gasteiger partial charge in [0.05, 0.1) is 14.2 Å². The zero-order chi connectivity index (χ0) is 14.9. The van der Waals surface area contributed by atoms with Crippen molar-refractivity contribution in [1.82, 2.24) is 5.32 Å². The average Bonchev–Trinajstić information content (AvgIpc) is 2.67. The van der Waals surface area contributed by atoms with E-state index in [2.05, 4.69) is 5.32 Å². The van der Waals surface area contributed by atoms with Crippen LogP contribution in [0.2, 0.25) is 0 Å². The highest BCUT2D eigenvalue weighted by Gasteiger charge is 2.52. The Labute approximate surface area is 118 Å². The summed E-state index contributed by atoms with van der Waals surface area (Å²) in [6.07, 6.45) is 0. The monoisotopic (exact) mass is 277 g/mol. The molecular formula is C15H19NO4. The second-order valence-electron chi connectivity index (χ2n) is 5.46. The molecule has 1 amide bonds. The van der Waals surface area contributed by atoms with Gasteiger partial charge in [0.25, 0.3) is 0 Å². The summed E-state index contributed by atoms with van der Waals surface area (Å²) in [5.41, 5.74) is 0.398. The predicted molar refractivity (Wildman–Crippen MR) is 73.5 cm³/mol. The van der Waals surface area contributed by atoms with Gasteiger partial charge in [0, 0.05) is 11.5 Å². The van der Waals surface area contributed by atoms with Crippen LogP contribution >= 0.6 is 0 Å². The van der Waals surface area contributed by atoms with E-state index in [-0.39, 0.29) is 11.8 Å². The van der Waals surface area contributed by atoms with Gasteiger partial charge in [0.2, 0.25) is 5.91 Å². The van der Waals surface area contributed by atoms with Gasteiger partial charge in [-0.25, -0.2) is 0 Å². The van der Waals surface area contributed by atoms with E-state index in [1.54, 1.807) is 7.11 Å². The summed E-state index contributed by atoms with van der Waals surface area (Å²) < 4.78 is 9.90. The molecule has 0 unspecified atom stereocenters. The van der Waals surface area contributed by atoms with Crippen molar-refractivity contribution in [1.29, 1.82) is 0 Å². The molecule has 1 heterocycles. The van der Waals surface area contributed by atoms with E-state index in [0.717, 1.165) is 11.3 Å². The minimum absolute atomic E-state index is 0.270. The van der Waals surface area contributed by atoms with Crippen LogP contribution in [0.25, 0.3) is 0 Å². The molecule has 1 aliphatic rings. The van der Waals surface area contributed by atoms with E-state index in [4.69, 9.17) is 9.47 Å². The third-order valence-corrected chi connectivity index (χ3v) is 3.77. The lowest BCUT2D eigenvalue weighted by Gasteiger charge is -2.28. The van der Waals surface area contributed by atoms with E-state index in [9.17, 15) is 9.59 Å². The number of hydrogen-bond donors (Lipinski definition) is 1. The number of benzene rings is 1. The molecule has 5 nitrogen and oxygen atoms in total. The highest BCUT2D eigenvalue weighted by atomic mass is 16.5. The smallest absolute Gasteiger partial charge is 0.318 e. The molecule has 108 valence electrons. The molecule has 1 aliphatic heterocycles. The maximum Gasteiger partial charge on any atom is 0.318 e. The van der Waals surface area contributed by atoms with Crippen LogP contribution in [-0.2, 0) is 14.3 Å². The first-order valence-electron chi connectivity index (χ1n) is 6.44. The van der Waals surface area contributed by atoms with Gasteiger partial charge in [-0.05, 0) is 31.5 Å². The van der Waals surface area contributed by atoms with Crippen molar-refractivity contribution in [3.63, 3.8) is 0 Å². The fraction of sp³-hybridized carbons (Fsp3) is 0.467. The van der Waals surface area contributed by atoms with Crippen molar-refractivity contribution in [2.75, 3.05) is 14.2 Å². The molecule has 0 bridgehead atoms. The molecule has 1 saturated heterocycles. The molecule has 20 heavy (non-hydrogen) atoms. The summed E-state index contributed by atoms with van der Waals surface area (Å²) in [4.78, 5) is 24.0. The van der Waals surface area contributed by atoms with Crippen LogP contribution in [-0.4, -0.2) is 31.6 Å². The lowest BCUT2D eigenvalue weighted by atomic mass is 9.77. The summed E-state index contributed by atoms with van der Waals surface area (Å²) in [7, 11) is 2.89. The Bertz CT molecular complexity index is 521.